The van der Waals surface area contributed by atoms with E-state index in [4.69, 9.17) is 4.74 Å². The Bertz CT molecular complexity index is 591. The fourth-order valence-electron chi connectivity index (χ4n) is 2.69. The lowest BCUT2D eigenvalue weighted by atomic mass is 9.98. The fourth-order valence-corrected chi connectivity index (χ4v) is 2.69. The summed E-state index contributed by atoms with van der Waals surface area (Å²) >= 11 is 0. The van der Waals surface area contributed by atoms with Gasteiger partial charge >= 0.3 is 5.97 Å². The second-order valence-electron chi connectivity index (χ2n) is 4.87. The van der Waals surface area contributed by atoms with Crippen LogP contribution in [-0.2, 0) is 9.53 Å². The summed E-state index contributed by atoms with van der Waals surface area (Å²) < 4.78 is 5.39. The van der Waals surface area contributed by atoms with Crippen LogP contribution in [0.3, 0.4) is 0 Å². The van der Waals surface area contributed by atoms with Crippen molar-refractivity contribution in [3.8, 4) is 11.1 Å². The zero-order valence-electron chi connectivity index (χ0n) is 11.3. The van der Waals surface area contributed by atoms with Crippen molar-refractivity contribution in [2.75, 3.05) is 20.2 Å². The molecule has 0 spiro atoms. The molecule has 0 aromatic heterocycles. The number of rotatable bonds is 4. The van der Waals surface area contributed by atoms with Crippen molar-refractivity contribution < 1.29 is 14.8 Å². The minimum atomic E-state index is -0.176. The third-order valence-electron chi connectivity index (χ3n) is 3.59. The van der Waals surface area contributed by atoms with Crippen LogP contribution in [0.2, 0.25) is 0 Å². The molecule has 0 heterocycles. The van der Waals surface area contributed by atoms with Gasteiger partial charge in [-0.25, -0.2) is 4.79 Å². The summed E-state index contributed by atoms with van der Waals surface area (Å²) in [5, 5.41) is 1.81. The Labute approximate surface area is 118 Å². The average Bonchev–Trinajstić information content (AvgIpc) is 2.80. The molecule has 1 aliphatic carbocycles. The molecule has 2 N–H and O–H groups in total. The van der Waals surface area contributed by atoms with Crippen LogP contribution in [0.25, 0.3) is 11.1 Å². The van der Waals surface area contributed by atoms with E-state index in [1.54, 1.807) is 0 Å². The Hall–Kier alpha value is -2.31. The molecule has 1 aliphatic rings. The van der Waals surface area contributed by atoms with E-state index in [9.17, 15) is 4.79 Å². The monoisotopic (exact) mass is 266 g/mol. The number of carbonyl (C=O) groups is 1. The van der Waals surface area contributed by atoms with Crippen LogP contribution in [0.1, 0.15) is 17.0 Å². The van der Waals surface area contributed by atoms with Gasteiger partial charge in [-0.3, -0.25) is 0 Å². The molecule has 3 rings (SSSR count). The Morgan fingerprint density at radius 1 is 1.30 bits per heavy atom. The number of hydrogen-bond donors (Lipinski definition) is 1. The molecule has 1 atom stereocenters. The highest BCUT2D eigenvalue weighted by molar-refractivity contribution is 5.78. The van der Waals surface area contributed by atoms with E-state index in [1.807, 2.05) is 36.6 Å². The Kier molecular flexibility index (Phi) is 3.41. The van der Waals surface area contributed by atoms with E-state index in [0.717, 1.165) is 5.56 Å². The lowest BCUT2D eigenvalue weighted by molar-refractivity contribution is -0.617. The van der Waals surface area contributed by atoms with Crippen molar-refractivity contribution in [1.82, 2.24) is 0 Å². The molecule has 0 radical (unpaired) electrons. The maximum absolute atomic E-state index is 11.6. The van der Waals surface area contributed by atoms with Gasteiger partial charge in [0.05, 0.1) is 7.05 Å². The molecule has 3 nitrogen and oxygen atoms in total. The van der Waals surface area contributed by atoms with Gasteiger partial charge in [0, 0.05) is 11.5 Å². The van der Waals surface area contributed by atoms with Gasteiger partial charge in [-0.15, -0.1) is 0 Å². The summed E-state index contributed by atoms with van der Waals surface area (Å²) in [5.41, 5.74) is 4.61. The molecule has 0 amide bonds. The molecule has 0 fully saturated rings. The largest absolute Gasteiger partial charge is 0.461 e. The van der Waals surface area contributed by atoms with Crippen LogP contribution < -0.4 is 5.32 Å². The van der Waals surface area contributed by atoms with Gasteiger partial charge in [0.25, 0.3) is 0 Å². The molecule has 0 bridgehead atoms. The predicted octanol–water partition coefficient (Wildman–Crippen LogP) is 1.14. The number of ether oxygens (including phenoxy) is 1. The fraction of sp³-hybridized carbons (Fsp3) is 0.235. The first kappa shape index (κ1) is 12.7. The van der Waals surface area contributed by atoms with Gasteiger partial charge in [0.15, 0.2) is 6.54 Å². The average molecular weight is 266 g/mol. The highest BCUT2D eigenvalue weighted by atomic mass is 16.5. The third-order valence-corrected chi connectivity index (χ3v) is 3.59. The Morgan fingerprint density at radius 3 is 3.00 bits per heavy atom. The number of esters is 1. The molecule has 100 valence electrons. The molecule has 0 aliphatic heterocycles. The van der Waals surface area contributed by atoms with Gasteiger partial charge in [-0.2, -0.15) is 0 Å². The highest BCUT2D eigenvalue weighted by Crippen LogP contribution is 2.43. The first-order valence-corrected chi connectivity index (χ1v) is 6.76. The summed E-state index contributed by atoms with van der Waals surface area (Å²) in [6.07, 6.45) is 0. The predicted molar refractivity (Wildman–Crippen MR) is 75.1 cm³/mol. The summed E-state index contributed by atoms with van der Waals surface area (Å²) in [6.45, 7) is 0.741. The molecule has 1 unspecified atom stereocenters. The van der Waals surface area contributed by atoms with E-state index in [-0.39, 0.29) is 11.9 Å². The lowest BCUT2D eigenvalue weighted by Crippen LogP contribution is -2.81. The van der Waals surface area contributed by atoms with Crippen molar-refractivity contribution >= 4 is 5.97 Å². The zero-order chi connectivity index (χ0) is 13.9. The van der Waals surface area contributed by atoms with E-state index in [2.05, 4.69) is 24.3 Å². The van der Waals surface area contributed by atoms with Crippen molar-refractivity contribution in [2.45, 2.75) is 5.92 Å². The second kappa shape index (κ2) is 5.36. The molecule has 0 saturated carbocycles. The topological polar surface area (TPSA) is 42.9 Å². The second-order valence-corrected chi connectivity index (χ2v) is 4.87. The highest BCUT2D eigenvalue weighted by Gasteiger charge is 2.29. The summed E-state index contributed by atoms with van der Waals surface area (Å²) in [6, 6.07) is 18.3. The smallest absolute Gasteiger partial charge is 0.361 e. The summed E-state index contributed by atoms with van der Waals surface area (Å²) in [4.78, 5) is 11.6. The Morgan fingerprint density at radius 2 is 2.15 bits per heavy atom. The van der Waals surface area contributed by atoms with Crippen molar-refractivity contribution in [3.63, 3.8) is 0 Å². The van der Waals surface area contributed by atoms with Crippen molar-refractivity contribution in [2.24, 2.45) is 0 Å². The number of quaternary nitrogens is 1. The van der Waals surface area contributed by atoms with Crippen molar-refractivity contribution in [1.29, 1.82) is 0 Å². The van der Waals surface area contributed by atoms with Crippen LogP contribution in [0, 0.1) is 12.1 Å². The van der Waals surface area contributed by atoms with Gasteiger partial charge in [0.2, 0.25) is 0 Å². The van der Waals surface area contributed by atoms with Crippen LogP contribution in [-0.4, -0.2) is 26.2 Å². The zero-order valence-corrected chi connectivity index (χ0v) is 11.3. The van der Waals surface area contributed by atoms with Crippen LogP contribution in [0.4, 0.5) is 0 Å². The summed E-state index contributed by atoms with van der Waals surface area (Å²) in [5.74, 6) is -0.0715. The van der Waals surface area contributed by atoms with Crippen LogP contribution in [0.5, 0.6) is 0 Å². The number of nitrogens with two attached hydrogens (primary N) is 1. The van der Waals surface area contributed by atoms with Gasteiger partial charge < -0.3 is 10.1 Å². The third kappa shape index (κ3) is 2.15. The maximum atomic E-state index is 11.6. The number of carbonyl (C=O) groups excluding carboxylic acids is 1. The molecule has 20 heavy (non-hydrogen) atoms. The van der Waals surface area contributed by atoms with E-state index >= 15 is 0 Å². The first-order chi connectivity index (χ1) is 9.81. The van der Waals surface area contributed by atoms with Gasteiger partial charge in [-0.1, -0.05) is 36.4 Å². The minimum absolute atomic E-state index is 0.104. The van der Waals surface area contributed by atoms with Crippen LogP contribution >= 0.6 is 0 Å². The van der Waals surface area contributed by atoms with E-state index in [1.165, 1.54) is 16.7 Å². The summed E-state index contributed by atoms with van der Waals surface area (Å²) in [7, 11) is 1.85. The maximum Gasteiger partial charge on any atom is 0.361 e. The quantitative estimate of drug-likeness (QED) is 0.843. The molecule has 0 saturated heterocycles. The SMILES string of the molecule is C[NH2+]CC(=O)OCC1c2ccc#cc2-c2ccccc21. The van der Waals surface area contributed by atoms with Crippen LogP contribution in [0.15, 0.2) is 36.4 Å². The minimum Gasteiger partial charge on any atom is -0.461 e. The molecular formula is C17H16NO2+. The number of hydrogen-bond acceptors (Lipinski definition) is 2. The number of fused-ring (bicyclic) bond motifs is 3. The number of benzene rings is 1. The van der Waals surface area contributed by atoms with E-state index in [0.29, 0.717) is 13.2 Å². The molecule has 2 aromatic rings. The standard InChI is InChI=1S/C17H15NO2/c1-18-10-17(19)20-11-16-14-8-4-2-6-12(14)13-7-3-5-9-15(13)16/h2,4-6,8-9,16,18H,10-11H2,1H3/p+1. The normalized spacial score (nSPS) is 12.4. The van der Waals surface area contributed by atoms with Gasteiger partial charge in [0.1, 0.15) is 6.61 Å². The van der Waals surface area contributed by atoms with Gasteiger partial charge in [-0.05, 0) is 28.8 Å². The van der Waals surface area contributed by atoms with E-state index < -0.39 is 0 Å². The van der Waals surface area contributed by atoms with Crippen molar-refractivity contribution in [3.05, 3.63) is 59.7 Å². The number of likely N-dealkylation sites (N-methyl/N-ethyl adjacent to an activating group) is 1. The lowest BCUT2D eigenvalue weighted by Gasteiger charge is -2.13. The molecule has 3 heteroatoms. The molecule has 2 aromatic carbocycles. The molecular weight excluding hydrogens is 250 g/mol. The first-order valence-electron chi connectivity index (χ1n) is 6.76. The Balaban J connectivity index is 1.89.